The summed E-state index contributed by atoms with van der Waals surface area (Å²) in [6, 6.07) is 0. The maximum atomic E-state index is 8.78. The van der Waals surface area contributed by atoms with E-state index in [0.717, 1.165) is 0 Å². The standard InChI is InChI=1S/CH3NO2.Mo.O.H2S/c2-1(3)4;;;/h2H2,(H,3,4);;;1H2. The summed E-state index contributed by atoms with van der Waals surface area (Å²) in [5.41, 5.74) is 4.03. The Kier molecular flexibility index (Phi) is 37.0. The molecule has 0 rings (SSSR count). The van der Waals surface area contributed by atoms with Crippen LogP contribution in [0.2, 0.25) is 0 Å². The van der Waals surface area contributed by atoms with Crippen LogP contribution in [0.4, 0.5) is 4.79 Å². The number of rotatable bonds is 0. The van der Waals surface area contributed by atoms with Crippen molar-refractivity contribution in [2.75, 3.05) is 0 Å². The first kappa shape index (κ1) is 15.7. The fourth-order valence-corrected chi connectivity index (χ4v) is 0. The Labute approximate surface area is 58.7 Å². The second-order valence-corrected chi connectivity index (χ2v) is 0.338. The van der Waals surface area contributed by atoms with Gasteiger partial charge in [-0.1, -0.05) is 0 Å². The van der Waals surface area contributed by atoms with Crippen LogP contribution in [0.3, 0.4) is 0 Å². The summed E-state index contributed by atoms with van der Waals surface area (Å²) in [5.74, 6) is 0. The molecule has 6 heteroatoms. The van der Waals surface area contributed by atoms with Crippen LogP contribution in [-0.2, 0) is 23.2 Å². The van der Waals surface area contributed by atoms with Gasteiger partial charge >= 0.3 is 29.3 Å². The monoisotopic (exact) mass is 209 g/mol. The van der Waals surface area contributed by atoms with Gasteiger partial charge in [0.05, 0.1) is 0 Å². The molecule has 0 spiro atoms. The fourth-order valence-electron chi connectivity index (χ4n) is 0. The van der Waals surface area contributed by atoms with Gasteiger partial charge in [0.1, 0.15) is 0 Å². The van der Waals surface area contributed by atoms with E-state index in [1.54, 1.807) is 0 Å². The van der Waals surface area contributed by atoms with Gasteiger partial charge in [0, 0.05) is 0 Å². The minimum atomic E-state index is -1.33. The topological polar surface area (TPSA) is 80.4 Å². The fraction of sp³-hybridized carbons (Fsp3) is 0. The molecule has 0 aliphatic rings. The predicted octanol–water partition coefficient (Wildman–Crippen LogP) is -0.385. The molecule has 1 amide bonds. The van der Waals surface area contributed by atoms with Crippen LogP contribution < -0.4 is 5.73 Å². The first-order valence-corrected chi connectivity index (χ1v) is 1.70. The molecule has 0 bridgehead atoms. The van der Waals surface area contributed by atoms with Crippen molar-refractivity contribution in [1.29, 1.82) is 0 Å². The Morgan fingerprint density at radius 2 is 1.57 bits per heavy atom. The molecule has 0 atom stereocenters. The number of carbonyl (C=O) groups is 1. The molecule has 3 N–H and O–H groups in total. The molecule has 0 fully saturated rings. The van der Waals surface area contributed by atoms with Crippen LogP contribution >= 0.6 is 13.5 Å². The van der Waals surface area contributed by atoms with E-state index >= 15 is 0 Å². The summed E-state index contributed by atoms with van der Waals surface area (Å²) >= 11 is 0.700. The molecule has 0 unspecified atom stereocenters. The van der Waals surface area contributed by atoms with Gasteiger partial charge in [-0.25, -0.2) is 4.79 Å². The predicted molar refractivity (Wildman–Crippen MR) is 23.3 cm³/mol. The zero-order valence-corrected chi connectivity index (χ0v) is 6.26. The van der Waals surface area contributed by atoms with E-state index in [1.807, 2.05) is 0 Å². The quantitative estimate of drug-likeness (QED) is 0.531. The van der Waals surface area contributed by atoms with Crippen LogP contribution in [-0.4, -0.2) is 11.2 Å². The van der Waals surface area contributed by atoms with E-state index in [-0.39, 0.29) is 13.5 Å². The first-order chi connectivity index (χ1) is 2.73. The molecule has 0 saturated carbocycles. The van der Waals surface area contributed by atoms with Crippen molar-refractivity contribution in [3.8, 4) is 0 Å². The van der Waals surface area contributed by atoms with Gasteiger partial charge in [-0.2, -0.15) is 13.5 Å². The number of hydrogen-bond acceptors (Lipinski definition) is 2. The molecule has 0 aromatic rings. The van der Waals surface area contributed by atoms with Crippen molar-refractivity contribution in [2.45, 2.75) is 0 Å². The molecule has 0 aliphatic heterocycles. The average molecular weight is 207 g/mol. The number of amides is 1. The van der Waals surface area contributed by atoms with Crippen molar-refractivity contribution < 1.29 is 33.1 Å². The van der Waals surface area contributed by atoms with Gasteiger partial charge in [0.15, 0.2) is 0 Å². The minimum absolute atomic E-state index is 0. The van der Waals surface area contributed by atoms with Crippen molar-refractivity contribution in [2.24, 2.45) is 5.73 Å². The van der Waals surface area contributed by atoms with Crippen LogP contribution in [0, 0.1) is 0 Å². The maximum absolute atomic E-state index is 8.78. The summed E-state index contributed by atoms with van der Waals surface area (Å²) in [7, 11) is 0. The van der Waals surface area contributed by atoms with Crippen molar-refractivity contribution in [3.05, 3.63) is 0 Å². The summed E-state index contributed by atoms with van der Waals surface area (Å²) in [4.78, 5) is 8.78. The van der Waals surface area contributed by atoms with E-state index in [0.29, 0.717) is 19.8 Å². The zero-order chi connectivity index (χ0) is 5.58. The Bertz CT molecular complexity index is 46.2. The molecule has 0 radical (unpaired) electrons. The molecule has 0 aromatic heterocycles. The third kappa shape index (κ3) is 8790. The van der Waals surface area contributed by atoms with Crippen molar-refractivity contribution in [1.82, 2.24) is 0 Å². The van der Waals surface area contributed by atoms with Crippen LogP contribution in [0.25, 0.3) is 0 Å². The van der Waals surface area contributed by atoms with Crippen LogP contribution in [0.5, 0.6) is 0 Å². The SMILES string of the molecule is NC(=O)O.S.[O]=[Mo]. The summed E-state index contributed by atoms with van der Waals surface area (Å²) in [6.07, 6.45) is -1.33. The summed E-state index contributed by atoms with van der Waals surface area (Å²) < 4.78 is 8.26. The summed E-state index contributed by atoms with van der Waals surface area (Å²) in [5, 5.41) is 7.19. The Hall–Kier alpha value is 0.108. The normalized spacial score (nSPS) is 4.00. The van der Waals surface area contributed by atoms with E-state index in [4.69, 9.17) is 13.3 Å². The molecule has 7 heavy (non-hydrogen) atoms. The first-order valence-electron chi connectivity index (χ1n) is 0.883. The summed E-state index contributed by atoms with van der Waals surface area (Å²) in [6.45, 7) is 0. The average Bonchev–Trinajstić information content (AvgIpc) is 1.41. The Morgan fingerprint density at radius 1 is 1.57 bits per heavy atom. The molecular formula is CH5MoNO3S. The Morgan fingerprint density at radius 3 is 1.57 bits per heavy atom. The third-order valence-electron chi connectivity index (χ3n) is 0. The van der Waals surface area contributed by atoms with Crippen LogP contribution in [0.15, 0.2) is 0 Å². The number of carboxylic acid groups (broad SMARTS) is 1. The molecule has 0 aromatic carbocycles. The molecule has 0 saturated heterocycles. The number of hydrogen-bond donors (Lipinski definition) is 2. The molecule has 44 valence electrons. The third-order valence-corrected chi connectivity index (χ3v) is 0. The van der Waals surface area contributed by atoms with Gasteiger partial charge in [-0.15, -0.1) is 0 Å². The second kappa shape index (κ2) is 16.5. The zero-order valence-electron chi connectivity index (χ0n) is 3.25. The van der Waals surface area contributed by atoms with Gasteiger partial charge in [-0.3, -0.25) is 0 Å². The number of primary amides is 1. The molecule has 0 aliphatic carbocycles. The van der Waals surface area contributed by atoms with Crippen molar-refractivity contribution >= 4 is 19.6 Å². The van der Waals surface area contributed by atoms with Gasteiger partial charge in [0.25, 0.3) is 0 Å². The Balaban J connectivity index is -0.0000000480. The van der Waals surface area contributed by atoms with E-state index in [2.05, 4.69) is 5.73 Å². The molecule has 4 nitrogen and oxygen atoms in total. The molecular weight excluding hydrogens is 202 g/mol. The van der Waals surface area contributed by atoms with E-state index < -0.39 is 6.09 Å². The number of nitrogens with two attached hydrogens (primary N) is 1. The van der Waals surface area contributed by atoms with Crippen LogP contribution in [0.1, 0.15) is 0 Å². The van der Waals surface area contributed by atoms with E-state index in [9.17, 15) is 0 Å². The second-order valence-electron chi connectivity index (χ2n) is 0.338. The van der Waals surface area contributed by atoms with Gasteiger partial charge in [-0.05, 0) is 0 Å². The van der Waals surface area contributed by atoms with Gasteiger partial charge in [0.2, 0.25) is 0 Å². The molecule has 0 heterocycles. The van der Waals surface area contributed by atoms with Gasteiger partial charge < -0.3 is 10.8 Å². The van der Waals surface area contributed by atoms with E-state index in [1.165, 1.54) is 0 Å². The van der Waals surface area contributed by atoms with Crippen molar-refractivity contribution in [3.63, 3.8) is 0 Å².